The minimum absolute atomic E-state index is 0.0581. The Morgan fingerprint density at radius 2 is 1.64 bits per heavy atom. The van der Waals surface area contributed by atoms with Crippen molar-refractivity contribution in [2.45, 2.75) is 46.3 Å². The van der Waals surface area contributed by atoms with Gasteiger partial charge in [0.25, 0.3) is 0 Å². The van der Waals surface area contributed by atoms with E-state index in [1.165, 1.54) is 4.31 Å². The van der Waals surface area contributed by atoms with Gasteiger partial charge in [-0.3, -0.25) is 9.10 Å². The van der Waals surface area contributed by atoms with Gasteiger partial charge in [0.1, 0.15) is 11.8 Å². The number of hydrogen-bond donors (Lipinski definition) is 1. The lowest BCUT2D eigenvalue weighted by molar-refractivity contribution is -0.117. The van der Waals surface area contributed by atoms with Crippen LogP contribution >= 0.6 is 0 Å². The van der Waals surface area contributed by atoms with Gasteiger partial charge in [-0.05, 0) is 63.6 Å². The lowest BCUT2D eigenvalue weighted by atomic mass is 10.1. The van der Waals surface area contributed by atoms with Gasteiger partial charge in [0.2, 0.25) is 15.9 Å². The van der Waals surface area contributed by atoms with Gasteiger partial charge in [-0.2, -0.15) is 0 Å². The molecule has 0 radical (unpaired) electrons. The van der Waals surface area contributed by atoms with Crippen molar-refractivity contribution in [1.29, 1.82) is 0 Å². The van der Waals surface area contributed by atoms with Crippen LogP contribution in [0.2, 0.25) is 0 Å². The number of nitrogens with zero attached hydrogens (tertiary/aromatic N) is 1. The second kappa shape index (κ2) is 9.10. The first-order chi connectivity index (χ1) is 13.1. The van der Waals surface area contributed by atoms with Crippen LogP contribution in [-0.4, -0.2) is 32.7 Å². The molecule has 2 aromatic carbocycles. The van der Waals surface area contributed by atoms with Gasteiger partial charge in [0, 0.05) is 5.69 Å². The van der Waals surface area contributed by atoms with Gasteiger partial charge < -0.3 is 10.1 Å². The van der Waals surface area contributed by atoms with Gasteiger partial charge in [-0.15, -0.1) is 0 Å². The van der Waals surface area contributed by atoms with E-state index in [1.54, 1.807) is 43.3 Å². The smallest absolute Gasteiger partial charge is 0.248 e. The van der Waals surface area contributed by atoms with E-state index >= 15 is 0 Å². The summed E-state index contributed by atoms with van der Waals surface area (Å²) in [6, 6.07) is 13.2. The Morgan fingerprint density at radius 3 is 2.11 bits per heavy atom. The topological polar surface area (TPSA) is 75.7 Å². The predicted octanol–water partition coefficient (Wildman–Crippen LogP) is 3.97. The zero-order chi connectivity index (χ0) is 20.9. The van der Waals surface area contributed by atoms with Crippen LogP contribution in [0.1, 0.15) is 32.8 Å². The van der Waals surface area contributed by atoms with Crippen molar-refractivity contribution in [2.75, 3.05) is 15.9 Å². The number of hydrogen-bond acceptors (Lipinski definition) is 4. The Labute approximate surface area is 167 Å². The SMILES string of the molecule is CC[C@@H](C(=O)Nc1ccc(OC(C)C)cc1)N(c1ccc(C)cc1)S(C)(=O)=O. The molecule has 0 aromatic heterocycles. The molecule has 28 heavy (non-hydrogen) atoms. The third-order valence-electron chi connectivity index (χ3n) is 4.11. The Hall–Kier alpha value is -2.54. The first-order valence-corrected chi connectivity index (χ1v) is 11.1. The molecule has 2 rings (SSSR count). The van der Waals surface area contributed by atoms with Crippen molar-refractivity contribution in [3.8, 4) is 5.75 Å². The molecule has 0 spiro atoms. The van der Waals surface area contributed by atoms with E-state index < -0.39 is 16.1 Å². The molecule has 1 atom stereocenters. The van der Waals surface area contributed by atoms with Crippen LogP contribution in [0.25, 0.3) is 0 Å². The van der Waals surface area contributed by atoms with E-state index in [0.717, 1.165) is 11.8 Å². The standard InChI is InChI=1S/C21H28N2O4S/c1-6-20(23(28(5,25)26)18-11-7-16(4)8-12-18)21(24)22-17-9-13-19(14-10-17)27-15(2)3/h7-15,20H,6H2,1-5H3,(H,22,24)/t20-/m0/s1. The van der Waals surface area contributed by atoms with E-state index in [-0.39, 0.29) is 12.0 Å². The molecule has 0 bridgehead atoms. The van der Waals surface area contributed by atoms with Crippen molar-refractivity contribution in [1.82, 2.24) is 0 Å². The minimum Gasteiger partial charge on any atom is -0.491 e. The molecular formula is C21H28N2O4S. The van der Waals surface area contributed by atoms with Crippen LogP contribution in [0.15, 0.2) is 48.5 Å². The fourth-order valence-corrected chi connectivity index (χ4v) is 4.08. The summed E-state index contributed by atoms with van der Waals surface area (Å²) in [6.07, 6.45) is 1.50. The Balaban J connectivity index is 2.25. The number of aryl methyl sites for hydroxylation is 1. The van der Waals surface area contributed by atoms with Crippen LogP contribution in [0.4, 0.5) is 11.4 Å². The first kappa shape index (κ1) is 21.8. The molecule has 0 fully saturated rings. The van der Waals surface area contributed by atoms with Gasteiger partial charge in [-0.25, -0.2) is 8.42 Å². The maximum atomic E-state index is 12.9. The summed E-state index contributed by atoms with van der Waals surface area (Å²) in [5.74, 6) is 0.323. The number of anilines is 2. The lowest BCUT2D eigenvalue weighted by Gasteiger charge is -2.30. The molecule has 0 aliphatic rings. The number of nitrogens with one attached hydrogen (secondary N) is 1. The van der Waals surface area contributed by atoms with E-state index in [4.69, 9.17) is 4.74 Å². The van der Waals surface area contributed by atoms with Crippen molar-refractivity contribution >= 4 is 27.3 Å². The highest BCUT2D eigenvalue weighted by atomic mass is 32.2. The van der Waals surface area contributed by atoms with E-state index in [2.05, 4.69) is 5.32 Å². The van der Waals surface area contributed by atoms with E-state index in [9.17, 15) is 13.2 Å². The summed E-state index contributed by atoms with van der Waals surface area (Å²) in [5.41, 5.74) is 2.06. The van der Waals surface area contributed by atoms with E-state index in [0.29, 0.717) is 23.5 Å². The first-order valence-electron chi connectivity index (χ1n) is 9.25. The van der Waals surface area contributed by atoms with E-state index in [1.807, 2.05) is 32.9 Å². The molecule has 0 aliphatic carbocycles. The summed E-state index contributed by atoms with van der Waals surface area (Å²) in [7, 11) is -3.65. The average molecular weight is 405 g/mol. The van der Waals surface area contributed by atoms with Crippen LogP contribution in [0.5, 0.6) is 5.75 Å². The molecule has 152 valence electrons. The number of amides is 1. The molecule has 0 saturated heterocycles. The Morgan fingerprint density at radius 1 is 1.07 bits per heavy atom. The molecule has 6 nitrogen and oxygen atoms in total. The van der Waals surface area contributed by atoms with Crippen LogP contribution < -0.4 is 14.4 Å². The normalized spacial score (nSPS) is 12.5. The molecule has 0 aliphatic heterocycles. The predicted molar refractivity (Wildman–Crippen MR) is 113 cm³/mol. The number of sulfonamides is 1. The zero-order valence-corrected chi connectivity index (χ0v) is 17.8. The summed E-state index contributed by atoms with van der Waals surface area (Å²) in [5, 5.41) is 2.81. The lowest BCUT2D eigenvalue weighted by Crippen LogP contribution is -2.47. The molecule has 7 heteroatoms. The minimum atomic E-state index is -3.65. The fraction of sp³-hybridized carbons (Fsp3) is 0.381. The van der Waals surface area contributed by atoms with Crippen LogP contribution in [-0.2, 0) is 14.8 Å². The summed E-state index contributed by atoms with van der Waals surface area (Å²) < 4.78 is 31.7. The number of ether oxygens (including phenoxy) is 1. The molecule has 1 amide bonds. The monoisotopic (exact) mass is 404 g/mol. The summed E-state index contributed by atoms with van der Waals surface area (Å²) in [4.78, 5) is 12.9. The Bertz CT molecular complexity index is 891. The van der Waals surface area contributed by atoms with Crippen molar-refractivity contribution in [2.24, 2.45) is 0 Å². The third kappa shape index (κ3) is 5.73. The van der Waals surface area contributed by atoms with Crippen LogP contribution in [0, 0.1) is 6.92 Å². The molecule has 0 heterocycles. The highest BCUT2D eigenvalue weighted by molar-refractivity contribution is 7.92. The number of rotatable bonds is 8. The number of benzene rings is 2. The summed E-state index contributed by atoms with van der Waals surface area (Å²) in [6.45, 7) is 7.58. The fourth-order valence-electron chi connectivity index (χ4n) is 2.87. The molecule has 2 aromatic rings. The second-order valence-electron chi connectivity index (χ2n) is 7.00. The molecule has 0 saturated carbocycles. The van der Waals surface area contributed by atoms with Crippen LogP contribution in [0.3, 0.4) is 0 Å². The van der Waals surface area contributed by atoms with Crippen molar-refractivity contribution < 1.29 is 17.9 Å². The van der Waals surface area contributed by atoms with Crippen molar-refractivity contribution in [3.05, 3.63) is 54.1 Å². The quantitative estimate of drug-likeness (QED) is 0.722. The summed E-state index contributed by atoms with van der Waals surface area (Å²) >= 11 is 0. The largest absolute Gasteiger partial charge is 0.491 e. The van der Waals surface area contributed by atoms with Gasteiger partial charge in [-0.1, -0.05) is 24.6 Å². The molecule has 0 unspecified atom stereocenters. The molecular weight excluding hydrogens is 376 g/mol. The highest BCUT2D eigenvalue weighted by Crippen LogP contribution is 2.24. The number of carbonyl (C=O) groups is 1. The zero-order valence-electron chi connectivity index (χ0n) is 17.0. The van der Waals surface area contributed by atoms with Gasteiger partial charge in [0.05, 0.1) is 18.0 Å². The Kier molecular flexibility index (Phi) is 7.07. The number of carbonyl (C=O) groups excluding carboxylic acids is 1. The maximum Gasteiger partial charge on any atom is 0.248 e. The highest BCUT2D eigenvalue weighted by Gasteiger charge is 2.31. The third-order valence-corrected chi connectivity index (χ3v) is 5.29. The second-order valence-corrected chi connectivity index (χ2v) is 8.86. The maximum absolute atomic E-state index is 12.9. The van der Waals surface area contributed by atoms with Gasteiger partial charge in [0.15, 0.2) is 0 Å². The van der Waals surface area contributed by atoms with Crippen molar-refractivity contribution in [3.63, 3.8) is 0 Å². The molecule has 1 N–H and O–H groups in total. The average Bonchev–Trinajstić information content (AvgIpc) is 2.60. The van der Waals surface area contributed by atoms with Gasteiger partial charge >= 0.3 is 0 Å².